The SMILES string of the molecule is Cn1c(COc2ccc(Cl)cc2)nnc1SCc1c(F)c(F)c(F)c(F)c1F. The summed E-state index contributed by atoms with van der Waals surface area (Å²) in [6.45, 7) is 0.0498. The van der Waals surface area contributed by atoms with Crippen LogP contribution in [-0.2, 0) is 19.4 Å². The van der Waals surface area contributed by atoms with Gasteiger partial charge in [-0.05, 0) is 24.3 Å². The van der Waals surface area contributed by atoms with Crippen molar-refractivity contribution in [3.63, 3.8) is 0 Å². The second-order valence-electron chi connectivity index (χ2n) is 5.54. The third-order valence-electron chi connectivity index (χ3n) is 3.75. The zero-order valence-electron chi connectivity index (χ0n) is 14.1. The van der Waals surface area contributed by atoms with E-state index in [2.05, 4.69) is 10.2 Å². The van der Waals surface area contributed by atoms with Gasteiger partial charge in [0.2, 0.25) is 5.82 Å². The van der Waals surface area contributed by atoms with Crippen molar-refractivity contribution >= 4 is 23.4 Å². The molecule has 3 rings (SSSR count). The molecular weight excluding hydrogens is 425 g/mol. The lowest BCUT2D eigenvalue weighted by molar-refractivity contribution is 0.290. The quantitative estimate of drug-likeness (QED) is 0.235. The lowest BCUT2D eigenvalue weighted by atomic mass is 10.2. The molecule has 0 aliphatic heterocycles. The van der Waals surface area contributed by atoms with Gasteiger partial charge < -0.3 is 9.30 Å². The minimum Gasteiger partial charge on any atom is -0.486 e. The maximum Gasteiger partial charge on any atom is 0.200 e. The lowest BCUT2D eigenvalue weighted by Gasteiger charge is -2.08. The van der Waals surface area contributed by atoms with Gasteiger partial charge in [0.05, 0.1) is 0 Å². The molecule has 0 aliphatic rings. The first-order chi connectivity index (χ1) is 13.3. The summed E-state index contributed by atoms with van der Waals surface area (Å²) in [5.74, 6) is -9.46. The van der Waals surface area contributed by atoms with Crippen LogP contribution in [0.1, 0.15) is 11.4 Å². The van der Waals surface area contributed by atoms with E-state index in [4.69, 9.17) is 16.3 Å². The van der Waals surface area contributed by atoms with Gasteiger partial charge >= 0.3 is 0 Å². The summed E-state index contributed by atoms with van der Waals surface area (Å²) in [4.78, 5) is 0. The van der Waals surface area contributed by atoms with Gasteiger partial charge in [-0.1, -0.05) is 23.4 Å². The first-order valence-electron chi connectivity index (χ1n) is 7.69. The van der Waals surface area contributed by atoms with Crippen LogP contribution in [0.2, 0.25) is 5.02 Å². The average Bonchev–Trinajstić information content (AvgIpc) is 3.04. The van der Waals surface area contributed by atoms with E-state index in [0.717, 1.165) is 11.8 Å². The fourth-order valence-electron chi connectivity index (χ4n) is 2.19. The number of benzene rings is 2. The normalized spacial score (nSPS) is 11.1. The van der Waals surface area contributed by atoms with E-state index >= 15 is 0 Å². The molecule has 11 heteroatoms. The number of thioether (sulfide) groups is 1. The molecule has 2 aromatic carbocycles. The predicted octanol–water partition coefficient (Wildman–Crippen LogP) is 5.04. The van der Waals surface area contributed by atoms with Crippen molar-refractivity contribution in [3.8, 4) is 5.75 Å². The number of hydrogen-bond acceptors (Lipinski definition) is 4. The summed E-state index contributed by atoms with van der Waals surface area (Å²) in [5.41, 5.74) is -0.927. The van der Waals surface area contributed by atoms with Crippen LogP contribution in [0.3, 0.4) is 0 Å². The molecule has 0 spiro atoms. The Hall–Kier alpha value is -2.33. The zero-order chi connectivity index (χ0) is 20.4. The molecular formula is C17H11ClF5N3OS. The van der Waals surface area contributed by atoms with E-state index < -0.39 is 40.4 Å². The molecule has 0 atom stereocenters. The van der Waals surface area contributed by atoms with Crippen LogP contribution in [0, 0.1) is 29.1 Å². The number of nitrogens with zero attached hydrogens (tertiary/aromatic N) is 3. The highest BCUT2D eigenvalue weighted by Crippen LogP contribution is 2.29. The molecule has 0 N–H and O–H groups in total. The molecule has 0 saturated carbocycles. The van der Waals surface area contributed by atoms with Gasteiger partial charge in [0.15, 0.2) is 34.2 Å². The Bertz CT molecular complexity index is 984. The number of aromatic nitrogens is 3. The summed E-state index contributed by atoms with van der Waals surface area (Å²) in [7, 11) is 1.58. The van der Waals surface area contributed by atoms with Gasteiger partial charge in [0, 0.05) is 23.4 Å². The largest absolute Gasteiger partial charge is 0.486 e. The Morgan fingerprint density at radius 1 is 0.929 bits per heavy atom. The van der Waals surface area contributed by atoms with Crippen LogP contribution in [-0.4, -0.2) is 14.8 Å². The van der Waals surface area contributed by atoms with Gasteiger partial charge in [-0.25, -0.2) is 22.0 Å². The minimum atomic E-state index is -2.19. The van der Waals surface area contributed by atoms with Crippen molar-refractivity contribution in [2.45, 2.75) is 17.5 Å². The summed E-state index contributed by atoms with van der Waals surface area (Å²) in [5, 5.41) is 8.52. The van der Waals surface area contributed by atoms with E-state index in [1.165, 1.54) is 4.57 Å². The summed E-state index contributed by atoms with van der Waals surface area (Å²) >= 11 is 6.56. The molecule has 0 saturated heterocycles. The van der Waals surface area contributed by atoms with E-state index in [1.54, 1.807) is 31.3 Å². The van der Waals surface area contributed by atoms with E-state index in [0.29, 0.717) is 16.6 Å². The Morgan fingerprint density at radius 3 is 2.11 bits per heavy atom. The molecule has 0 amide bonds. The molecule has 0 aliphatic carbocycles. The summed E-state index contributed by atoms with van der Waals surface area (Å²) < 4.78 is 74.1. The van der Waals surface area contributed by atoms with E-state index in [-0.39, 0.29) is 11.8 Å². The molecule has 28 heavy (non-hydrogen) atoms. The molecule has 0 fully saturated rings. The molecule has 1 heterocycles. The third-order valence-corrected chi connectivity index (χ3v) is 5.05. The van der Waals surface area contributed by atoms with Crippen molar-refractivity contribution in [2.75, 3.05) is 0 Å². The zero-order valence-corrected chi connectivity index (χ0v) is 15.7. The van der Waals surface area contributed by atoms with Gasteiger partial charge in [-0.2, -0.15) is 0 Å². The van der Waals surface area contributed by atoms with Crippen LogP contribution >= 0.6 is 23.4 Å². The van der Waals surface area contributed by atoms with Crippen LogP contribution in [0.25, 0.3) is 0 Å². The van der Waals surface area contributed by atoms with Crippen molar-refractivity contribution in [2.24, 2.45) is 7.05 Å². The Morgan fingerprint density at radius 2 is 1.50 bits per heavy atom. The van der Waals surface area contributed by atoms with Crippen LogP contribution in [0.4, 0.5) is 22.0 Å². The number of hydrogen-bond donors (Lipinski definition) is 0. The molecule has 3 aromatic rings. The molecule has 4 nitrogen and oxygen atoms in total. The summed E-state index contributed by atoms with van der Waals surface area (Å²) in [6.07, 6.45) is 0. The molecule has 0 radical (unpaired) electrons. The average molecular weight is 436 g/mol. The Kier molecular flexibility index (Phi) is 6.09. The number of rotatable bonds is 6. The maximum absolute atomic E-state index is 13.7. The van der Waals surface area contributed by atoms with Crippen molar-refractivity contribution in [1.82, 2.24) is 14.8 Å². The van der Waals surface area contributed by atoms with Crippen molar-refractivity contribution in [1.29, 1.82) is 0 Å². The second kappa shape index (κ2) is 8.36. The molecule has 1 aromatic heterocycles. The van der Waals surface area contributed by atoms with Gasteiger partial charge in [0.1, 0.15) is 12.4 Å². The van der Waals surface area contributed by atoms with E-state index in [9.17, 15) is 22.0 Å². The second-order valence-corrected chi connectivity index (χ2v) is 6.92. The standard InChI is InChI=1S/C17H11ClF5N3OS/c1-26-11(6-27-9-4-2-8(18)3-5-9)24-25-17(26)28-7-10-12(19)14(21)16(23)15(22)13(10)20/h2-5H,6-7H2,1H3. The monoisotopic (exact) mass is 435 g/mol. The Labute approximate surface area is 165 Å². The molecule has 0 bridgehead atoms. The highest BCUT2D eigenvalue weighted by atomic mass is 35.5. The van der Waals surface area contributed by atoms with Crippen molar-refractivity contribution < 1.29 is 26.7 Å². The predicted molar refractivity (Wildman–Crippen MR) is 92.6 cm³/mol. The number of halogens is 6. The molecule has 0 unspecified atom stereocenters. The minimum absolute atomic E-state index is 0.0498. The highest BCUT2D eigenvalue weighted by Gasteiger charge is 2.26. The summed E-state index contributed by atoms with van der Waals surface area (Å²) in [6, 6.07) is 6.63. The first-order valence-corrected chi connectivity index (χ1v) is 9.05. The maximum atomic E-state index is 13.7. The van der Waals surface area contributed by atoms with Gasteiger partial charge in [0.25, 0.3) is 0 Å². The van der Waals surface area contributed by atoms with Gasteiger partial charge in [-0.15, -0.1) is 10.2 Å². The topological polar surface area (TPSA) is 39.9 Å². The van der Waals surface area contributed by atoms with Crippen LogP contribution < -0.4 is 4.74 Å². The Balaban J connectivity index is 1.71. The first kappa shape index (κ1) is 20.4. The highest BCUT2D eigenvalue weighted by molar-refractivity contribution is 7.98. The van der Waals surface area contributed by atoms with Gasteiger partial charge in [-0.3, -0.25) is 0 Å². The smallest absolute Gasteiger partial charge is 0.200 e. The van der Waals surface area contributed by atoms with Crippen LogP contribution in [0.15, 0.2) is 29.4 Å². The van der Waals surface area contributed by atoms with Crippen LogP contribution in [0.5, 0.6) is 5.75 Å². The fourth-order valence-corrected chi connectivity index (χ4v) is 3.24. The lowest BCUT2D eigenvalue weighted by Crippen LogP contribution is -2.07. The van der Waals surface area contributed by atoms with E-state index in [1.807, 2.05) is 0 Å². The fraction of sp³-hybridized carbons (Fsp3) is 0.176. The third kappa shape index (κ3) is 4.07. The number of ether oxygens (including phenoxy) is 1. The molecule has 148 valence electrons. The van der Waals surface area contributed by atoms with Crippen molar-refractivity contribution in [3.05, 3.63) is 69.8 Å².